The Kier molecular flexibility index (Phi) is 6.16. The molecule has 0 aliphatic carbocycles. The maximum Gasteiger partial charge on any atom is 0.271 e. The molecule has 0 unspecified atom stereocenters. The second-order valence-electron chi connectivity index (χ2n) is 3.64. The molecule has 1 aliphatic rings. The molecule has 0 atom stereocenters. The molecule has 0 spiro atoms. The highest BCUT2D eigenvalue weighted by molar-refractivity contribution is 4.68. The van der Waals surface area contributed by atoms with Gasteiger partial charge in [0.05, 0.1) is 0 Å². The number of hydrogen-bond acceptors (Lipinski definition) is 2. The highest BCUT2D eigenvalue weighted by Crippen LogP contribution is 2.23. The van der Waals surface area contributed by atoms with Crippen LogP contribution >= 0.6 is 0 Å². The average molecular weight is 195 g/mol. The SMILES string of the molecule is CC(C)CN.FC1(F)CCCOC1. The van der Waals surface area contributed by atoms with E-state index >= 15 is 0 Å². The molecule has 80 valence electrons. The zero-order valence-corrected chi connectivity index (χ0v) is 8.35. The predicted molar refractivity (Wildman–Crippen MR) is 48.9 cm³/mol. The number of ether oxygens (including phenoxy) is 1. The quantitative estimate of drug-likeness (QED) is 0.694. The molecule has 0 aromatic rings. The van der Waals surface area contributed by atoms with E-state index in [2.05, 4.69) is 18.6 Å². The fourth-order valence-corrected chi connectivity index (χ4v) is 0.727. The van der Waals surface area contributed by atoms with Crippen molar-refractivity contribution in [3.8, 4) is 0 Å². The van der Waals surface area contributed by atoms with Crippen LogP contribution in [0.1, 0.15) is 26.7 Å². The first-order valence-electron chi connectivity index (χ1n) is 4.63. The molecule has 1 rings (SSSR count). The van der Waals surface area contributed by atoms with E-state index in [0.29, 0.717) is 18.9 Å². The Bertz CT molecular complexity index is 121. The zero-order chi connectivity index (χ0) is 10.3. The lowest BCUT2D eigenvalue weighted by Gasteiger charge is -2.20. The maximum absolute atomic E-state index is 12.1. The van der Waals surface area contributed by atoms with Crippen molar-refractivity contribution in [2.75, 3.05) is 19.8 Å². The molecule has 0 amide bonds. The van der Waals surface area contributed by atoms with Gasteiger partial charge in [-0.1, -0.05) is 13.8 Å². The second kappa shape index (κ2) is 6.27. The van der Waals surface area contributed by atoms with Crippen molar-refractivity contribution in [2.24, 2.45) is 11.7 Å². The predicted octanol–water partition coefficient (Wildman–Crippen LogP) is 2.03. The lowest BCUT2D eigenvalue weighted by atomic mass is 10.2. The third-order valence-corrected chi connectivity index (χ3v) is 1.62. The molecule has 4 heteroatoms. The van der Waals surface area contributed by atoms with Gasteiger partial charge in [-0.15, -0.1) is 0 Å². The standard InChI is InChI=1S/C5H8F2O.C4H11N/c6-5(7)2-1-3-8-4-5;1-4(2)3-5/h1-4H2;4H,3,5H2,1-2H3. The molecule has 1 heterocycles. The lowest BCUT2D eigenvalue weighted by Crippen LogP contribution is -2.28. The highest BCUT2D eigenvalue weighted by Gasteiger charge is 2.31. The van der Waals surface area contributed by atoms with E-state index in [1.807, 2.05) is 0 Å². The van der Waals surface area contributed by atoms with E-state index in [1.165, 1.54) is 0 Å². The van der Waals surface area contributed by atoms with E-state index < -0.39 is 5.92 Å². The summed E-state index contributed by atoms with van der Waals surface area (Å²) in [4.78, 5) is 0. The molecule has 0 aromatic heterocycles. The van der Waals surface area contributed by atoms with Gasteiger partial charge >= 0.3 is 0 Å². The molecule has 1 fully saturated rings. The zero-order valence-electron chi connectivity index (χ0n) is 8.35. The molecule has 1 saturated heterocycles. The van der Waals surface area contributed by atoms with E-state index in [0.717, 1.165) is 6.54 Å². The summed E-state index contributed by atoms with van der Waals surface area (Å²) in [5, 5.41) is 0. The van der Waals surface area contributed by atoms with Crippen LogP contribution < -0.4 is 5.73 Å². The van der Waals surface area contributed by atoms with E-state index in [9.17, 15) is 8.78 Å². The van der Waals surface area contributed by atoms with Crippen LogP contribution in [0.3, 0.4) is 0 Å². The normalized spacial score (nSPS) is 20.8. The van der Waals surface area contributed by atoms with Gasteiger partial charge < -0.3 is 10.5 Å². The minimum absolute atomic E-state index is 0.00694. The summed E-state index contributed by atoms with van der Waals surface area (Å²) < 4.78 is 28.7. The Morgan fingerprint density at radius 3 is 2.15 bits per heavy atom. The first-order valence-corrected chi connectivity index (χ1v) is 4.63. The molecule has 1 aliphatic heterocycles. The number of nitrogens with two attached hydrogens (primary N) is 1. The smallest absolute Gasteiger partial charge is 0.271 e. The van der Waals surface area contributed by atoms with Gasteiger partial charge in [0, 0.05) is 13.0 Å². The third kappa shape index (κ3) is 8.12. The first kappa shape index (κ1) is 12.8. The Balaban J connectivity index is 0.000000252. The molecule has 0 radical (unpaired) electrons. The summed E-state index contributed by atoms with van der Waals surface area (Å²) in [6.45, 7) is 5.11. The highest BCUT2D eigenvalue weighted by atomic mass is 19.3. The van der Waals surface area contributed by atoms with E-state index in [-0.39, 0.29) is 13.0 Å². The van der Waals surface area contributed by atoms with Crippen molar-refractivity contribution < 1.29 is 13.5 Å². The lowest BCUT2D eigenvalue weighted by molar-refractivity contribution is -0.113. The molecule has 0 bridgehead atoms. The Hall–Kier alpha value is -0.220. The summed E-state index contributed by atoms with van der Waals surface area (Å²) in [7, 11) is 0. The van der Waals surface area contributed by atoms with Crippen molar-refractivity contribution >= 4 is 0 Å². The first-order chi connectivity index (χ1) is 5.98. The summed E-state index contributed by atoms with van der Waals surface area (Å²) in [6.07, 6.45) is 0.486. The Morgan fingerprint density at radius 1 is 1.46 bits per heavy atom. The van der Waals surface area contributed by atoms with Gasteiger partial charge in [0.2, 0.25) is 0 Å². The molecule has 2 N–H and O–H groups in total. The van der Waals surface area contributed by atoms with Crippen molar-refractivity contribution in [1.29, 1.82) is 0 Å². The van der Waals surface area contributed by atoms with Crippen LogP contribution in [0.25, 0.3) is 0 Å². The van der Waals surface area contributed by atoms with Crippen LogP contribution in [0.15, 0.2) is 0 Å². The van der Waals surface area contributed by atoms with E-state index in [1.54, 1.807) is 0 Å². The minimum atomic E-state index is -2.54. The van der Waals surface area contributed by atoms with Crippen molar-refractivity contribution in [3.05, 3.63) is 0 Å². The van der Waals surface area contributed by atoms with Gasteiger partial charge in [-0.05, 0) is 18.9 Å². The van der Waals surface area contributed by atoms with Gasteiger partial charge in [-0.25, -0.2) is 8.78 Å². The van der Waals surface area contributed by atoms with Gasteiger partial charge in [0.15, 0.2) is 0 Å². The van der Waals surface area contributed by atoms with Crippen LogP contribution in [0.4, 0.5) is 8.78 Å². The monoisotopic (exact) mass is 195 g/mol. The van der Waals surface area contributed by atoms with Gasteiger partial charge in [0.1, 0.15) is 6.61 Å². The largest absolute Gasteiger partial charge is 0.375 e. The maximum atomic E-state index is 12.1. The van der Waals surface area contributed by atoms with Crippen LogP contribution in [0.5, 0.6) is 0 Å². The van der Waals surface area contributed by atoms with Crippen molar-refractivity contribution in [3.63, 3.8) is 0 Å². The Labute approximate surface area is 78.4 Å². The van der Waals surface area contributed by atoms with Crippen LogP contribution in [-0.2, 0) is 4.74 Å². The minimum Gasteiger partial charge on any atom is -0.375 e. The summed E-state index contributed by atoms with van der Waals surface area (Å²) in [5.74, 6) is -1.88. The third-order valence-electron chi connectivity index (χ3n) is 1.62. The molecule has 13 heavy (non-hydrogen) atoms. The number of alkyl halides is 2. The van der Waals surface area contributed by atoms with Gasteiger partial charge in [0.25, 0.3) is 5.92 Å². The van der Waals surface area contributed by atoms with Gasteiger partial charge in [-0.3, -0.25) is 0 Å². The number of halogens is 2. The molecular formula is C9H19F2NO. The molecular weight excluding hydrogens is 176 g/mol. The molecule has 0 saturated carbocycles. The summed E-state index contributed by atoms with van der Waals surface area (Å²) >= 11 is 0. The van der Waals surface area contributed by atoms with Crippen molar-refractivity contribution in [1.82, 2.24) is 0 Å². The van der Waals surface area contributed by atoms with Crippen LogP contribution in [0.2, 0.25) is 0 Å². The fourth-order valence-electron chi connectivity index (χ4n) is 0.727. The summed E-state index contributed by atoms with van der Waals surface area (Å²) in [6, 6.07) is 0. The van der Waals surface area contributed by atoms with Crippen LogP contribution in [-0.4, -0.2) is 25.7 Å². The Morgan fingerprint density at radius 2 is 2.00 bits per heavy atom. The fraction of sp³-hybridized carbons (Fsp3) is 1.00. The topological polar surface area (TPSA) is 35.2 Å². The van der Waals surface area contributed by atoms with Gasteiger partial charge in [-0.2, -0.15) is 0 Å². The van der Waals surface area contributed by atoms with Crippen LogP contribution in [0, 0.1) is 5.92 Å². The van der Waals surface area contributed by atoms with Crippen molar-refractivity contribution in [2.45, 2.75) is 32.6 Å². The average Bonchev–Trinajstić information content (AvgIpc) is 2.05. The van der Waals surface area contributed by atoms with E-state index in [4.69, 9.17) is 5.73 Å². The summed E-state index contributed by atoms with van der Waals surface area (Å²) in [5.41, 5.74) is 5.17. The molecule has 0 aromatic carbocycles. The molecule has 2 nitrogen and oxygen atoms in total. The number of hydrogen-bond donors (Lipinski definition) is 1. The number of rotatable bonds is 1. The second-order valence-corrected chi connectivity index (χ2v) is 3.64.